The second kappa shape index (κ2) is 6.89. The highest BCUT2D eigenvalue weighted by molar-refractivity contribution is 6.17. The molecular formula is C16H20ClNO2. The molecule has 108 valence electrons. The van der Waals surface area contributed by atoms with Gasteiger partial charge in [0.15, 0.2) is 5.78 Å². The van der Waals surface area contributed by atoms with Crippen LogP contribution in [0.4, 0.5) is 0 Å². The third-order valence-electron chi connectivity index (χ3n) is 3.66. The molecule has 0 aromatic heterocycles. The van der Waals surface area contributed by atoms with Crippen molar-refractivity contribution in [2.75, 3.05) is 5.88 Å². The van der Waals surface area contributed by atoms with E-state index in [4.69, 9.17) is 11.6 Å². The standard InChI is InChI=1S/C16H20ClNO2/c1-11(19)18-15-9-12-5-6-13(8-14(12)10-15)16(20)4-2-3-7-17/h5-6,8,15H,2-4,7,9-10H2,1H3,(H,18,19). The average Bonchev–Trinajstić information content (AvgIpc) is 2.78. The Morgan fingerprint density at radius 3 is 2.70 bits per heavy atom. The molecule has 4 heteroatoms. The van der Waals surface area contributed by atoms with Crippen LogP contribution in [0.15, 0.2) is 18.2 Å². The number of hydrogen-bond donors (Lipinski definition) is 1. The summed E-state index contributed by atoms with van der Waals surface area (Å²) >= 11 is 5.62. The van der Waals surface area contributed by atoms with Gasteiger partial charge in [-0.05, 0) is 42.9 Å². The summed E-state index contributed by atoms with van der Waals surface area (Å²) in [7, 11) is 0. The van der Waals surface area contributed by atoms with E-state index >= 15 is 0 Å². The van der Waals surface area contributed by atoms with Gasteiger partial charge in [-0.2, -0.15) is 0 Å². The van der Waals surface area contributed by atoms with Crippen LogP contribution in [0.3, 0.4) is 0 Å². The van der Waals surface area contributed by atoms with Crippen LogP contribution in [0.1, 0.15) is 47.7 Å². The summed E-state index contributed by atoms with van der Waals surface area (Å²) in [6.07, 6.45) is 3.95. The molecule has 1 amide bonds. The fourth-order valence-corrected chi connectivity index (χ4v) is 2.89. The fourth-order valence-electron chi connectivity index (χ4n) is 2.71. The summed E-state index contributed by atoms with van der Waals surface area (Å²) in [6, 6.07) is 6.08. The quantitative estimate of drug-likeness (QED) is 0.498. The van der Waals surface area contributed by atoms with Crippen molar-refractivity contribution >= 4 is 23.3 Å². The number of carbonyl (C=O) groups is 2. The van der Waals surface area contributed by atoms with Crippen molar-refractivity contribution < 1.29 is 9.59 Å². The number of benzene rings is 1. The van der Waals surface area contributed by atoms with E-state index in [1.54, 1.807) is 0 Å². The van der Waals surface area contributed by atoms with Crippen molar-refractivity contribution in [1.29, 1.82) is 0 Å². The van der Waals surface area contributed by atoms with Gasteiger partial charge in [0.05, 0.1) is 0 Å². The van der Waals surface area contributed by atoms with Crippen molar-refractivity contribution in [3.05, 3.63) is 34.9 Å². The Bertz CT molecular complexity index is 513. The minimum Gasteiger partial charge on any atom is -0.353 e. The normalized spacial score (nSPS) is 16.8. The molecule has 0 spiro atoms. The van der Waals surface area contributed by atoms with Crippen molar-refractivity contribution in [3.63, 3.8) is 0 Å². The maximum Gasteiger partial charge on any atom is 0.217 e. The predicted molar refractivity (Wildman–Crippen MR) is 80.4 cm³/mol. The number of rotatable bonds is 6. The first-order valence-electron chi connectivity index (χ1n) is 7.08. The summed E-state index contributed by atoms with van der Waals surface area (Å²) in [5.74, 6) is 0.789. The molecule has 0 bridgehead atoms. The minimum atomic E-state index is 0.000167. The van der Waals surface area contributed by atoms with Crippen molar-refractivity contribution in [2.24, 2.45) is 0 Å². The number of hydrogen-bond acceptors (Lipinski definition) is 2. The molecule has 1 aliphatic rings. The Balaban J connectivity index is 2.00. The van der Waals surface area contributed by atoms with E-state index in [9.17, 15) is 9.59 Å². The van der Waals surface area contributed by atoms with Crippen LogP contribution in [0.2, 0.25) is 0 Å². The Kier molecular flexibility index (Phi) is 5.18. The lowest BCUT2D eigenvalue weighted by molar-refractivity contribution is -0.119. The molecule has 0 saturated heterocycles. The molecule has 1 aromatic rings. The maximum atomic E-state index is 12.1. The summed E-state index contributed by atoms with van der Waals surface area (Å²) in [5.41, 5.74) is 3.20. The summed E-state index contributed by atoms with van der Waals surface area (Å²) in [6.45, 7) is 1.54. The van der Waals surface area contributed by atoms with Gasteiger partial charge >= 0.3 is 0 Å². The van der Waals surface area contributed by atoms with Crippen molar-refractivity contribution in [2.45, 2.75) is 45.1 Å². The van der Waals surface area contributed by atoms with Crippen LogP contribution in [0, 0.1) is 0 Å². The maximum absolute atomic E-state index is 12.1. The van der Waals surface area contributed by atoms with E-state index in [-0.39, 0.29) is 17.7 Å². The number of nitrogens with one attached hydrogen (secondary N) is 1. The molecule has 1 unspecified atom stereocenters. The largest absolute Gasteiger partial charge is 0.353 e. The van der Waals surface area contributed by atoms with Gasteiger partial charge in [-0.3, -0.25) is 9.59 Å². The highest BCUT2D eigenvalue weighted by atomic mass is 35.5. The van der Waals surface area contributed by atoms with E-state index in [1.807, 2.05) is 18.2 Å². The van der Waals surface area contributed by atoms with Gasteiger partial charge in [0, 0.05) is 30.8 Å². The summed E-state index contributed by atoms with van der Waals surface area (Å²) in [5, 5.41) is 2.94. The Morgan fingerprint density at radius 1 is 1.25 bits per heavy atom. The first-order valence-corrected chi connectivity index (χ1v) is 7.61. The number of carbonyl (C=O) groups excluding carboxylic acids is 2. The Hall–Kier alpha value is -1.35. The molecule has 1 atom stereocenters. The molecule has 0 radical (unpaired) electrons. The molecule has 20 heavy (non-hydrogen) atoms. The first kappa shape index (κ1) is 15.0. The van der Waals surface area contributed by atoms with Gasteiger partial charge in [0.2, 0.25) is 5.91 Å². The van der Waals surface area contributed by atoms with Gasteiger partial charge in [-0.15, -0.1) is 11.6 Å². The van der Waals surface area contributed by atoms with Gasteiger partial charge < -0.3 is 5.32 Å². The lowest BCUT2D eigenvalue weighted by Gasteiger charge is -2.08. The highest BCUT2D eigenvalue weighted by Gasteiger charge is 2.22. The smallest absolute Gasteiger partial charge is 0.217 e. The van der Waals surface area contributed by atoms with Crippen molar-refractivity contribution in [1.82, 2.24) is 5.32 Å². The molecule has 0 aliphatic heterocycles. The van der Waals surface area contributed by atoms with Gasteiger partial charge in [-0.25, -0.2) is 0 Å². The molecule has 1 N–H and O–H groups in total. The second-order valence-electron chi connectivity index (χ2n) is 5.36. The van der Waals surface area contributed by atoms with E-state index < -0.39 is 0 Å². The highest BCUT2D eigenvalue weighted by Crippen LogP contribution is 2.24. The molecular weight excluding hydrogens is 274 g/mol. The van der Waals surface area contributed by atoms with E-state index in [2.05, 4.69) is 5.32 Å². The number of ketones is 1. The second-order valence-corrected chi connectivity index (χ2v) is 5.74. The molecule has 3 nitrogen and oxygen atoms in total. The molecule has 0 heterocycles. The van der Waals surface area contributed by atoms with Crippen LogP contribution in [-0.2, 0) is 17.6 Å². The van der Waals surface area contributed by atoms with Crippen LogP contribution in [0.25, 0.3) is 0 Å². The number of Topliss-reactive ketones (excluding diaryl/α,β-unsaturated/α-hetero) is 1. The number of amides is 1. The van der Waals surface area contributed by atoms with Gasteiger partial charge in [-0.1, -0.05) is 12.1 Å². The minimum absolute atomic E-state index is 0.000167. The molecule has 0 saturated carbocycles. The van der Waals surface area contributed by atoms with Crippen molar-refractivity contribution in [3.8, 4) is 0 Å². The zero-order chi connectivity index (χ0) is 14.5. The lowest BCUT2D eigenvalue weighted by atomic mass is 10.0. The average molecular weight is 294 g/mol. The number of unbranched alkanes of at least 4 members (excludes halogenated alkanes) is 1. The summed E-state index contributed by atoms with van der Waals surface area (Å²) < 4.78 is 0. The summed E-state index contributed by atoms with van der Waals surface area (Å²) in [4.78, 5) is 23.2. The Morgan fingerprint density at radius 2 is 2.00 bits per heavy atom. The number of fused-ring (bicyclic) bond motifs is 1. The lowest BCUT2D eigenvalue weighted by Crippen LogP contribution is -2.33. The zero-order valence-electron chi connectivity index (χ0n) is 11.7. The first-order chi connectivity index (χ1) is 9.60. The molecule has 1 aliphatic carbocycles. The topological polar surface area (TPSA) is 46.2 Å². The van der Waals surface area contributed by atoms with E-state index in [1.165, 1.54) is 18.1 Å². The fraction of sp³-hybridized carbons (Fsp3) is 0.500. The molecule has 2 rings (SSSR count). The molecule has 1 aromatic carbocycles. The van der Waals surface area contributed by atoms with Crippen LogP contribution in [0.5, 0.6) is 0 Å². The number of alkyl halides is 1. The Labute approximate surface area is 124 Å². The van der Waals surface area contributed by atoms with Crippen LogP contribution < -0.4 is 5.32 Å². The third kappa shape index (κ3) is 3.83. The van der Waals surface area contributed by atoms with E-state index in [0.717, 1.165) is 31.2 Å². The van der Waals surface area contributed by atoms with Gasteiger partial charge in [0.1, 0.15) is 0 Å². The van der Waals surface area contributed by atoms with Crippen LogP contribution in [-0.4, -0.2) is 23.6 Å². The van der Waals surface area contributed by atoms with Gasteiger partial charge in [0.25, 0.3) is 0 Å². The van der Waals surface area contributed by atoms with E-state index in [0.29, 0.717) is 12.3 Å². The third-order valence-corrected chi connectivity index (χ3v) is 3.92. The number of halogens is 1. The predicted octanol–water partition coefficient (Wildman–Crippen LogP) is 2.88. The zero-order valence-corrected chi connectivity index (χ0v) is 12.5. The molecule has 0 fully saturated rings. The monoisotopic (exact) mass is 293 g/mol. The van der Waals surface area contributed by atoms with Crippen LogP contribution >= 0.6 is 11.6 Å². The SMILES string of the molecule is CC(=O)NC1Cc2ccc(C(=O)CCCCCl)cc2C1.